The fraction of sp³-hybridized carbons (Fsp3) is 0.211. The number of carbonyl (C=O) groups is 2. The van der Waals surface area contributed by atoms with Gasteiger partial charge in [0.25, 0.3) is 5.91 Å². The monoisotopic (exact) mass is 423 g/mol. The van der Waals surface area contributed by atoms with Gasteiger partial charge in [-0.2, -0.15) is 5.10 Å². The zero-order valence-electron chi connectivity index (χ0n) is 15.3. The van der Waals surface area contributed by atoms with Crippen LogP contribution in [-0.4, -0.2) is 38.8 Å². The molecule has 7 nitrogen and oxygen atoms in total. The van der Waals surface area contributed by atoms with Crippen molar-refractivity contribution in [1.29, 1.82) is 0 Å². The number of benzene rings is 2. The molecule has 0 bridgehead atoms. The molecule has 0 saturated heterocycles. The average molecular weight is 424 g/mol. The van der Waals surface area contributed by atoms with Gasteiger partial charge in [-0.1, -0.05) is 23.2 Å². The molecule has 0 aliphatic rings. The average Bonchev–Trinajstić information content (AvgIpc) is 2.69. The highest BCUT2D eigenvalue weighted by Gasteiger charge is 2.09. The first-order chi connectivity index (χ1) is 13.4. The molecule has 0 saturated carbocycles. The van der Waals surface area contributed by atoms with Crippen LogP contribution < -0.4 is 20.2 Å². The van der Waals surface area contributed by atoms with Gasteiger partial charge in [-0.05, 0) is 42.0 Å². The van der Waals surface area contributed by atoms with Crippen LogP contribution in [0.3, 0.4) is 0 Å². The number of carbonyl (C=O) groups excluding carboxylic acids is 2. The number of nitrogens with zero attached hydrogens (tertiary/aromatic N) is 1. The van der Waals surface area contributed by atoms with Crippen molar-refractivity contribution in [3.8, 4) is 11.5 Å². The Morgan fingerprint density at radius 1 is 1.04 bits per heavy atom. The zero-order valence-corrected chi connectivity index (χ0v) is 16.8. The minimum absolute atomic E-state index is 0.0658. The Balaban J connectivity index is 1.78. The molecule has 0 aliphatic heterocycles. The molecule has 2 amide bonds. The zero-order chi connectivity index (χ0) is 20.5. The number of ether oxygens (including phenoxy) is 2. The maximum Gasteiger partial charge on any atom is 0.251 e. The van der Waals surface area contributed by atoms with Crippen molar-refractivity contribution >= 4 is 41.2 Å². The molecule has 0 spiro atoms. The summed E-state index contributed by atoms with van der Waals surface area (Å²) in [6, 6.07) is 9.79. The summed E-state index contributed by atoms with van der Waals surface area (Å²) >= 11 is 11.7. The van der Waals surface area contributed by atoms with Gasteiger partial charge in [0, 0.05) is 18.5 Å². The van der Waals surface area contributed by atoms with Gasteiger partial charge in [-0.15, -0.1) is 0 Å². The van der Waals surface area contributed by atoms with Crippen molar-refractivity contribution in [3.05, 3.63) is 57.6 Å². The normalized spacial score (nSPS) is 10.6. The van der Waals surface area contributed by atoms with Gasteiger partial charge in [0.05, 0.1) is 30.5 Å². The predicted molar refractivity (Wildman–Crippen MR) is 109 cm³/mol. The Kier molecular flexibility index (Phi) is 8.10. The van der Waals surface area contributed by atoms with Crippen molar-refractivity contribution in [1.82, 2.24) is 10.7 Å². The Morgan fingerprint density at radius 2 is 1.79 bits per heavy atom. The second-order valence-electron chi connectivity index (χ2n) is 5.54. The van der Waals surface area contributed by atoms with Gasteiger partial charge in [-0.25, -0.2) is 5.43 Å². The summed E-state index contributed by atoms with van der Waals surface area (Å²) in [5.74, 6) is 0.468. The van der Waals surface area contributed by atoms with E-state index in [0.29, 0.717) is 22.1 Å². The van der Waals surface area contributed by atoms with Crippen molar-refractivity contribution in [2.24, 2.45) is 5.10 Å². The molecule has 0 unspecified atom stereocenters. The van der Waals surface area contributed by atoms with E-state index in [9.17, 15) is 9.59 Å². The second-order valence-corrected chi connectivity index (χ2v) is 6.36. The largest absolute Gasteiger partial charge is 0.493 e. The first kappa shape index (κ1) is 21.5. The molecule has 9 heteroatoms. The Labute approximate surface area is 172 Å². The van der Waals surface area contributed by atoms with E-state index >= 15 is 0 Å². The molecule has 2 aromatic carbocycles. The summed E-state index contributed by atoms with van der Waals surface area (Å²) in [7, 11) is 3.08. The predicted octanol–water partition coefficient (Wildman–Crippen LogP) is 3.28. The van der Waals surface area contributed by atoms with E-state index in [1.54, 1.807) is 31.4 Å². The number of hydrogen-bond acceptors (Lipinski definition) is 5. The van der Waals surface area contributed by atoms with Crippen LogP contribution in [-0.2, 0) is 4.79 Å². The molecule has 2 rings (SSSR count). The highest BCUT2D eigenvalue weighted by atomic mass is 35.5. The van der Waals surface area contributed by atoms with Crippen LogP contribution in [0.2, 0.25) is 10.0 Å². The van der Waals surface area contributed by atoms with Crippen molar-refractivity contribution in [2.75, 3.05) is 20.8 Å². The van der Waals surface area contributed by atoms with E-state index in [1.807, 2.05) is 0 Å². The maximum absolute atomic E-state index is 12.0. The lowest BCUT2D eigenvalue weighted by Crippen LogP contribution is -2.29. The van der Waals surface area contributed by atoms with E-state index in [2.05, 4.69) is 15.8 Å². The Hall–Kier alpha value is -2.77. The van der Waals surface area contributed by atoms with E-state index in [-0.39, 0.29) is 29.8 Å². The lowest BCUT2D eigenvalue weighted by Gasteiger charge is -2.07. The van der Waals surface area contributed by atoms with Crippen LogP contribution in [0.5, 0.6) is 11.5 Å². The number of rotatable bonds is 8. The van der Waals surface area contributed by atoms with Gasteiger partial charge < -0.3 is 14.8 Å². The first-order valence-corrected chi connectivity index (χ1v) is 8.97. The number of amides is 2. The molecule has 0 atom stereocenters. The van der Waals surface area contributed by atoms with Gasteiger partial charge in [-0.3, -0.25) is 9.59 Å². The van der Waals surface area contributed by atoms with Crippen molar-refractivity contribution in [3.63, 3.8) is 0 Å². The molecule has 2 aromatic rings. The van der Waals surface area contributed by atoms with E-state index in [1.165, 1.54) is 25.5 Å². The molecule has 0 aliphatic carbocycles. The van der Waals surface area contributed by atoms with Crippen molar-refractivity contribution in [2.45, 2.75) is 6.42 Å². The third-order valence-electron chi connectivity index (χ3n) is 3.63. The molecular weight excluding hydrogens is 405 g/mol. The SMILES string of the molecule is COc1ccc(C=NNC(=O)CCNC(=O)c2ccc(Cl)c(Cl)c2)cc1OC. The van der Waals surface area contributed by atoms with E-state index in [0.717, 1.165) is 5.56 Å². The van der Waals surface area contributed by atoms with Crippen LogP contribution in [0.25, 0.3) is 0 Å². The molecular formula is C19H19Cl2N3O4. The molecule has 0 aromatic heterocycles. The standard InChI is InChI=1S/C19H19Cl2N3O4/c1-27-16-6-3-12(9-17(16)28-2)11-23-24-18(25)7-8-22-19(26)13-4-5-14(20)15(21)10-13/h3-6,9-11H,7-8H2,1-2H3,(H,22,26)(H,24,25). The highest BCUT2D eigenvalue weighted by Crippen LogP contribution is 2.26. The Bertz CT molecular complexity index is 887. The number of hydrazone groups is 1. The van der Waals surface area contributed by atoms with E-state index in [4.69, 9.17) is 32.7 Å². The number of methoxy groups -OCH3 is 2. The van der Waals surface area contributed by atoms with Crippen LogP contribution in [0, 0.1) is 0 Å². The van der Waals surface area contributed by atoms with Crippen molar-refractivity contribution < 1.29 is 19.1 Å². The highest BCUT2D eigenvalue weighted by molar-refractivity contribution is 6.42. The molecule has 0 heterocycles. The lowest BCUT2D eigenvalue weighted by molar-refractivity contribution is -0.120. The maximum atomic E-state index is 12.0. The molecule has 2 N–H and O–H groups in total. The van der Waals surface area contributed by atoms with E-state index < -0.39 is 0 Å². The molecule has 0 radical (unpaired) electrons. The summed E-state index contributed by atoms with van der Waals surface area (Å²) in [6.45, 7) is 0.150. The summed E-state index contributed by atoms with van der Waals surface area (Å²) < 4.78 is 10.4. The Morgan fingerprint density at radius 3 is 2.46 bits per heavy atom. The molecule has 28 heavy (non-hydrogen) atoms. The smallest absolute Gasteiger partial charge is 0.251 e. The summed E-state index contributed by atoms with van der Waals surface area (Å²) in [4.78, 5) is 23.8. The topological polar surface area (TPSA) is 89.0 Å². The molecule has 0 fully saturated rings. The fourth-order valence-electron chi connectivity index (χ4n) is 2.20. The number of hydrogen-bond donors (Lipinski definition) is 2. The quantitative estimate of drug-likeness (QED) is 0.503. The van der Waals surface area contributed by atoms with Gasteiger partial charge in [0.15, 0.2) is 11.5 Å². The second kappa shape index (κ2) is 10.5. The van der Waals surface area contributed by atoms with Crippen LogP contribution in [0.1, 0.15) is 22.3 Å². The van der Waals surface area contributed by atoms with Crippen LogP contribution in [0.4, 0.5) is 0 Å². The summed E-state index contributed by atoms with van der Waals surface area (Å²) in [5, 5.41) is 7.17. The number of nitrogens with one attached hydrogen (secondary N) is 2. The van der Waals surface area contributed by atoms with Crippen LogP contribution in [0.15, 0.2) is 41.5 Å². The minimum Gasteiger partial charge on any atom is -0.493 e. The summed E-state index contributed by atoms with van der Waals surface area (Å²) in [5.41, 5.74) is 3.49. The first-order valence-electron chi connectivity index (χ1n) is 8.21. The van der Waals surface area contributed by atoms with Gasteiger partial charge >= 0.3 is 0 Å². The van der Waals surface area contributed by atoms with Gasteiger partial charge in [0.1, 0.15) is 0 Å². The lowest BCUT2D eigenvalue weighted by atomic mass is 10.2. The third-order valence-corrected chi connectivity index (χ3v) is 4.37. The van der Waals surface area contributed by atoms with Crippen LogP contribution >= 0.6 is 23.2 Å². The fourth-order valence-corrected chi connectivity index (χ4v) is 2.49. The minimum atomic E-state index is -0.347. The number of halogens is 2. The summed E-state index contributed by atoms with van der Waals surface area (Å²) in [6.07, 6.45) is 1.55. The van der Waals surface area contributed by atoms with Gasteiger partial charge in [0.2, 0.25) is 5.91 Å². The molecule has 148 valence electrons. The third kappa shape index (κ3) is 6.14.